The second-order valence-electron chi connectivity index (χ2n) is 28.9. The van der Waals surface area contributed by atoms with Crippen molar-refractivity contribution < 1.29 is 71.9 Å². The number of rotatable bonds is 24. The zero-order valence-electron chi connectivity index (χ0n) is 61.7. The van der Waals surface area contributed by atoms with Gasteiger partial charge in [-0.3, -0.25) is 17.9 Å². The topological polar surface area (TPSA) is 523 Å². The van der Waals surface area contributed by atoms with Crippen molar-refractivity contribution in [2.24, 2.45) is 0 Å². The fourth-order valence-electron chi connectivity index (χ4n) is 12.3. The molecule has 9 heterocycles. The molecule has 9 aromatic rings. The van der Waals surface area contributed by atoms with Gasteiger partial charge >= 0.3 is 18.1 Å². The molecule has 3 aliphatic rings. The number of nitrogens with one attached hydrogen (secondary N) is 6. The molecule has 588 valence electrons. The Morgan fingerprint density at radius 3 is 1.40 bits per heavy atom. The lowest BCUT2D eigenvalue weighted by Crippen LogP contribution is -2.39. The van der Waals surface area contributed by atoms with Gasteiger partial charge in [0.1, 0.15) is 84.1 Å². The smallest absolute Gasteiger partial charge is 0.319 e. The van der Waals surface area contributed by atoms with E-state index >= 15 is 0 Å². The van der Waals surface area contributed by atoms with Gasteiger partial charge in [-0.15, -0.1) is 0 Å². The van der Waals surface area contributed by atoms with Crippen LogP contribution in [0.4, 0.5) is 48.8 Å². The van der Waals surface area contributed by atoms with Gasteiger partial charge < -0.3 is 98.9 Å². The fourth-order valence-corrected chi connectivity index (χ4v) is 15.1. The van der Waals surface area contributed by atoms with Crippen LogP contribution in [0.25, 0.3) is 33.5 Å². The largest absolute Gasteiger partial charge is 0.397 e. The minimum absolute atomic E-state index is 0.00218. The maximum atomic E-state index is 12.7. The maximum absolute atomic E-state index is 12.7. The van der Waals surface area contributed by atoms with Crippen LogP contribution in [0.15, 0.2) is 117 Å². The highest BCUT2D eigenvalue weighted by molar-refractivity contribution is 7.91. The number of likely N-dealkylation sites (N-methyl/N-ethyl adjacent to an activating group) is 1. The summed E-state index contributed by atoms with van der Waals surface area (Å²) in [6, 6.07) is 23.4. The zero-order valence-corrected chi connectivity index (χ0v) is 63.3. The predicted octanol–water partition coefficient (Wildman–Crippen LogP) is 3.32. The molecule has 0 aliphatic carbocycles. The van der Waals surface area contributed by atoms with E-state index in [-0.39, 0.29) is 64.6 Å². The standard InChI is InChI=1S/C24H33N7O6S.C24H33N7O5S.C23H31N7O4/c1-24(2,3)14-5-7-15(8-6-14)30-23(34)26-9-4-10-38(35,36)11-16-18(32)19(33)22(37-16)31-13-29-17-20(25)27-12-28-21(17)31;1-24(2,3)14-5-7-15(8-6-14)30-23(34)26-9-4-10-37(35)11-16-18(32)19(33)22(36-16)31-13-29-17-20(25)27-12-28-21(17)31;1-14-4-6-15(7-5-14)28-23(33)26-9-3-11-29(2)12-17-19(31)20(32)22(34-17)30-13-27-18-16(24)8-10-25-21(18)30/h5-8,12-13,16,18-19,22,32-33H,4,9-11H2,1-3H3,(H2,25,27,28)(H2,26,30,34);5-8,12-13,16,18-19,22,32-33H,4,9-11H2,1-3H3,(H2,25,27,28)(H2,26,30,34);4-8,10,13,17,19-20,22,31-32H,3,9,11-12H2,1-2H3,(H2,24,25)(H2,26,28,33)/t16-,18-,19-,22-;16-,18-,19-,22-,37?;17-,19-,20-,22-/m111/s1. The Hall–Kier alpha value is -9.71. The molecule has 6 aromatic heterocycles. The number of aromatic nitrogens is 11. The minimum Gasteiger partial charge on any atom is -0.397 e. The third-order valence-corrected chi connectivity index (χ3v) is 21.6. The molecule has 13 atom stereocenters. The number of aliphatic hydroxyl groups excluding tert-OH is 6. The Morgan fingerprint density at radius 2 is 0.927 bits per heavy atom. The summed E-state index contributed by atoms with van der Waals surface area (Å²) in [6.07, 6.45) is -3.38. The summed E-state index contributed by atoms with van der Waals surface area (Å²) in [6.45, 7) is 16.7. The molecule has 3 aromatic carbocycles. The lowest BCUT2D eigenvalue weighted by Gasteiger charge is -2.22. The first-order valence-corrected chi connectivity index (χ1v) is 38.7. The van der Waals surface area contributed by atoms with Gasteiger partial charge in [0, 0.05) is 66.0 Å². The summed E-state index contributed by atoms with van der Waals surface area (Å²) < 4.78 is 60.0. The van der Waals surface area contributed by atoms with E-state index in [2.05, 4.69) is 113 Å². The highest BCUT2D eigenvalue weighted by atomic mass is 32.2. The number of fused-ring (bicyclic) bond motifs is 3. The summed E-state index contributed by atoms with van der Waals surface area (Å²) in [7, 11) is -3.12. The molecule has 36 nitrogen and oxygen atoms in total. The number of nitrogens with zero attached hydrogens (tertiary/aromatic N) is 12. The van der Waals surface area contributed by atoms with Crippen LogP contribution in [0.5, 0.6) is 0 Å². The quantitative estimate of drug-likeness (QED) is 0.0386. The molecule has 18 N–H and O–H groups in total. The van der Waals surface area contributed by atoms with E-state index in [1.165, 1.54) is 46.3 Å². The Labute approximate surface area is 631 Å². The Morgan fingerprint density at radius 1 is 0.523 bits per heavy atom. The van der Waals surface area contributed by atoms with Crippen molar-refractivity contribution >= 4 is 107 Å². The number of aliphatic hydroxyl groups is 6. The molecule has 3 saturated heterocycles. The number of nitrogens with two attached hydrogens (primary N) is 3. The highest BCUT2D eigenvalue weighted by Gasteiger charge is 2.48. The second kappa shape index (κ2) is 35.8. The van der Waals surface area contributed by atoms with E-state index in [1.54, 1.807) is 16.8 Å². The molecule has 6 amide bonds. The van der Waals surface area contributed by atoms with Crippen molar-refractivity contribution in [3.63, 3.8) is 0 Å². The van der Waals surface area contributed by atoms with Crippen LogP contribution >= 0.6 is 0 Å². The molecule has 0 radical (unpaired) electrons. The van der Waals surface area contributed by atoms with Crippen molar-refractivity contribution in [2.45, 2.75) is 152 Å². The number of amides is 6. The summed E-state index contributed by atoms with van der Waals surface area (Å²) in [5, 5.41) is 79.7. The van der Waals surface area contributed by atoms with Crippen molar-refractivity contribution in [3.8, 4) is 0 Å². The summed E-state index contributed by atoms with van der Waals surface area (Å²) in [5.74, 6) is -0.0794. The van der Waals surface area contributed by atoms with Gasteiger partial charge in [-0.25, -0.2) is 62.7 Å². The third-order valence-electron chi connectivity index (χ3n) is 18.4. The molecule has 38 heteroatoms. The van der Waals surface area contributed by atoms with Crippen LogP contribution in [0.2, 0.25) is 0 Å². The van der Waals surface area contributed by atoms with Gasteiger partial charge in [0.15, 0.2) is 57.1 Å². The number of urea groups is 3. The van der Waals surface area contributed by atoms with Crippen LogP contribution in [0.3, 0.4) is 0 Å². The summed E-state index contributed by atoms with van der Waals surface area (Å²) >= 11 is 0. The van der Waals surface area contributed by atoms with E-state index in [9.17, 15) is 57.6 Å². The van der Waals surface area contributed by atoms with E-state index in [0.717, 1.165) is 16.8 Å². The number of ether oxygens (including phenoxy) is 3. The number of hydrogen-bond donors (Lipinski definition) is 15. The van der Waals surface area contributed by atoms with Crippen LogP contribution in [-0.2, 0) is 45.7 Å². The Balaban J connectivity index is 0.000000174. The summed E-state index contributed by atoms with van der Waals surface area (Å²) in [4.78, 5) is 71.1. The first-order valence-electron chi connectivity index (χ1n) is 35.4. The average Bonchev–Trinajstić information content (AvgIpc) is 1.63. The van der Waals surface area contributed by atoms with Crippen LogP contribution in [0, 0.1) is 6.92 Å². The molecule has 12 rings (SSSR count). The van der Waals surface area contributed by atoms with E-state index in [0.29, 0.717) is 89.7 Å². The van der Waals surface area contributed by atoms with Gasteiger partial charge in [0.2, 0.25) is 0 Å². The minimum atomic E-state index is -3.68. The zero-order chi connectivity index (χ0) is 78.6. The van der Waals surface area contributed by atoms with Crippen LogP contribution in [-0.4, -0.2) is 238 Å². The molecule has 0 bridgehead atoms. The van der Waals surface area contributed by atoms with Gasteiger partial charge in [-0.05, 0) is 104 Å². The average molecular weight is 1550 g/mol. The van der Waals surface area contributed by atoms with Gasteiger partial charge in [-0.1, -0.05) is 83.5 Å². The summed E-state index contributed by atoms with van der Waals surface area (Å²) in [5.41, 5.74) is 25.9. The molecule has 3 fully saturated rings. The number of sulfone groups is 1. The molecular weight excluding hydrogens is 1450 g/mol. The van der Waals surface area contributed by atoms with E-state index < -0.39 is 106 Å². The van der Waals surface area contributed by atoms with Crippen LogP contribution in [0.1, 0.15) is 96.2 Å². The molecule has 109 heavy (non-hydrogen) atoms. The van der Waals surface area contributed by atoms with Gasteiger partial charge in [-0.2, -0.15) is 0 Å². The second-order valence-corrected chi connectivity index (χ2v) is 32.8. The normalized spacial score (nSPS) is 22.4. The predicted molar refractivity (Wildman–Crippen MR) is 410 cm³/mol. The van der Waals surface area contributed by atoms with E-state index in [1.807, 2.05) is 91.7 Å². The number of hydrogen-bond acceptors (Lipinski definition) is 27. The lowest BCUT2D eigenvalue weighted by atomic mass is 9.87. The van der Waals surface area contributed by atoms with Crippen LogP contribution < -0.4 is 49.1 Å². The van der Waals surface area contributed by atoms with Crippen molar-refractivity contribution in [2.75, 3.05) is 95.9 Å². The number of carbonyl (C=O) groups excluding carboxylic acids is 3. The number of carbonyl (C=O) groups is 3. The SMILES string of the molecule is CC(C)(C)c1ccc(NC(=O)NCCCS(=O)(=O)C[C@H]2O[C@@H](n3cnc4c(N)ncnc43)[C@H](O)[C@@H]2O)cc1.CC(C)(C)c1ccc(NC(=O)NCCCS(=O)C[C@H]2O[C@@H](n3cnc4c(N)ncnc43)[C@H](O)[C@@H]2O)cc1.Cc1ccc(NC(=O)NCCCN(C)C[C@H]2O[C@@H](n3cnc4c(N)ccnc43)[C@H](O)[C@@H]2O)cc1. The molecular formula is C71H97N21O15S2. The number of nitrogen functional groups attached to an aromatic ring is 3. The Bertz CT molecular complexity index is 4700. The van der Waals surface area contributed by atoms with Crippen molar-refractivity contribution in [1.82, 2.24) is 74.4 Å². The monoisotopic (exact) mass is 1550 g/mol. The number of imidazole rings is 3. The van der Waals surface area contributed by atoms with Gasteiger partial charge in [0.05, 0.1) is 41.9 Å². The van der Waals surface area contributed by atoms with Crippen molar-refractivity contribution in [3.05, 3.63) is 133 Å². The Kier molecular flexibility index (Phi) is 26.8. The first kappa shape index (κ1) is 81.8. The number of pyridine rings is 1. The van der Waals surface area contributed by atoms with Gasteiger partial charge in [0.25, 0.3) is 0 Å². The highest BCUT2D eigenvalue weighted by Crippen LogP contribution is 2.36. The fraction of sp³-hybridized carbons (Fsp3) is 0.479. The first-order chi connectivity index (χ1) is 51.7. The lowest BCUT2D eigenvalue weighted by molar-refractivity contribution is -0.0421. The number of anilines is 6. The molecule has 0 saturated carbocycles. The third kappa shape index (κ3) is 21.0. The number of benzene rings is 3. The van der Waals surface area contributed by atoms with E-state index in [4.69, 9.17) is 31.4 Å². The van der Waals surface area contributed by atoms with Crippen molar-refractivity contribution in [1.29, 1.82) is 0 Å². The molecule has 3 aliphatic heterocycles. The number of aryl methyl sites for hydroxylation is 1. The maximum Gasteiger partial charge on any atom is 0.319 e. The molecule has 1 unspecified atom stereocenters. The molecule has 0 spiro atoms.